The summed E-state index contributed by atoms with van der Waals surface area (Å²) in [5, 5.41) is 1.52. The van der Waals surface area contributed by atoms with E-state index in [1.165, 1.54) is 30.3 Å². The van der Waals surface area contributed by atoms with E-state index in [2.05, 4.69) is 9.57 Å². The van der Waals surface area contributed by atoms with E-state index >= 15 is 0 Å². The van der Waals surface area contributed by atoms with Gasteiger partial charge in [0.15, 0.2) is 0 Å². The van der Waals surface area contributed by atoms with Crippen LogP contribution >= 0.6 is 0 Å². The van der Waals surface area contributed by atoms with Gasteiger partial charge in [0.2, 0.25) is 0 Å². The Morgan fingerprint density at radius 1 is 1.38 bits per heavy atom. The zero-order chi connectivity index (χ0) is 15.5. The average Bonchev–Trinajstić information content (AvgIpc) is 2.46. The summed E-state index contributed by atoms with van der Waals surface area (Å²) in [6.07, 6.45) is 0. The fourth-order valence-corrected chi connectivity index (χ4v) is 3.22. The number of nitrogen functional groups attached to an aromatic ring is 1. The van der Waals surface area contributed by atoms with E-state index < -0.39 is 16.0 Å². The van der Waals surface area contributed by atoms with Gasteiger partial charge in [-0.1, -0.05) is 0 Å². The number of hydrogen-bond acceptors (Lipinski definition) is 7. The lowest BCUT2D eigenvalue weighted by molar-refractivity contribution is 0.0272. The zero-order valence-electron chi connectivity index (χ0n) is 11.5. The van der Waals surface area contributed by atoms with E-state index in [9.17, 15) is 13.2 Å². The van der Waals surface area contributed by atoms with E-state index in [0.717, 1.165) is 0 Å². The van der Waals surface area contributed by atoms with Crippen molar-refractivity contribution in [2.24, 2.45) is 0 Å². The average molecular weight is 315 g/mol. The van der Waals surface area contributed by atoms with Gasteiger partial charge in [-0.25, -0.2) is 18.2 Å². The molecule has 0 unspecified atom stereocenters. The monoisotopic (exact) mass is 315 g/mol. The number of benzene rings is 1. The lowest BCUT2D eigenvalue weighted by atomic mass is 10.2. The van der Waals surface area contributed by atoms with Crippen molar-refractivity contribution in [3.8, 4) is 0 Å². The van der Waals surface area contributed by atoms with Gasteiger partial charge in [-0.3, -0.25) is 0 Å². The number of esters is 1. The summed E-state index contributed by atoms with van der Waals surface area (Å²) in [4.78, 5) is 14.0. The van der Waals surface area contributed by atoms with Crippen LogP contribution in [0.4, 0.5) is 5.69 Å². The van der Waals surface area contributed by atoms with E-state index in [-0.39, 0.29) is 16.1 Å². The molecule has 0 radical (unpaired) electrons. The Kier molecular flexibility index (Phi) is 4.78. The highest BCUT2D eigenvalue weighted by Crippen LogP contribution is 2.20. The molecule has 1 aromatic rings. The van der Waals surface area contributed by atoms with Crippen molar-refractivity contribution >= 4 is 21.7 Å². The smallest absolute Gasteiger partial charge is 0.339 e. The molecule has 0 bridgehead atoms. The first-order chi connectivity index (χ1) is 9.94. The third-order valence-corrected chi connectivity index (χ3v) is 4.39. The van der Waals surface area contributed by atoms with Crippen molar-refractivity contribution in [2.45, 2.75) is 4.90 Å². The molecule has 116 valence electrons. The number of sulfonamides is 1. The summed E-state index contributed by atoms with van der Waals surface area (Å²) >= 11 is 0. The van der Waals surface area contributed by atoms with Crippen LogP contribution < -0.4 is 10.6 Å². The molecular formula is C12H17N3O5S. The molecule has 0 aromatic heterocycles. The fraction of sp³-hybridized carbons (Fsp3) is 0.417. The van der Waals surface area contributed by atoms with Crippen LogP contribution in [0.3, 0.4) is 0 Å². The van der Waals surface area contributed by atoms with E-state index in [1.54, 1.807) is 0 Å². The van der Waals surface area contributed by atoms with Crippen molar-refractivity contribution < 1.29 is 22.7 Å². The molecule has 0 amide bonds. The van der Waals surface area contributed by atoms with Crippen LogP contribution in [0.2, 0.25) is 0 Å². The van der Waals surface area contributed by atoms with Gasteiger partial charge in [0.25, 0.3) is 10.0 Å². The Hall–Kier alpha value is -1.68. The zero-order valence-corrected chi connectivity index (χ0v) is 12.4. The first kappa shape index (κ1) is 15.7. The minimum atomic E-state index is -3.90. The minimum absolute atomic E-state index is 0.0988. The highest BCUT2D eigenvalue weighted by molar-refractivity contribution is 7.89. The quantitative estimate of drug-likeness (QED) is 0.573. The standard InChI is InChI=1S/C12H17N3O5S/c1-19-12(16)10-8-9(13)2-3-11(10)21(17,18)14-15-4-6-20-7-5-15/h2-3,8,14H,4-7,13H2,1H3. The Balaban J connectivity index is 2.32. The van der Waals surface area contributed by atoms with Gasteiger partial charge in [0.1, 0.15) is 0 Å². The minimum Gasteiger partial charge on any atom is -0.465 e. The predicted molar refractivity (Wildman–Crippen MR) is 74.9 cm³/mol. The highest BCUT2D eigenvalue weighted by atomic mass is 32.2. The summed E-state index contributed by atoms with van der Waals surface area (Å²) in [6.45, 7) is 1.74. The summed E-state index contributed by atoms with van der Waals surface area (Å²) in [6, 6.07) is 3.98. The van der Waals surface area contributed by atoms with Gasteiger partial charge < -0.3 is 15.2 Å². The predicted octanol–water partition coefficient (Wildman–Crippen LogP) is -0.419. The number of nitrogens with one attached hydrogen (secondary N) is 1. The van der Waals surface area contributed by atoms with Gasteiger partial charge in [-0.15, -0.1) is 4.83 Å². The number of hydrazine groups is 1. The summed E-state index contributed by atoms with van der Waals surface area (Å²) in [7, 11) is -2.72. The van der Waals surface area contributed by atoms with E-state index in [4.69, 9.17) is 10.5 Å². The summed E-state index contributed by atoms with van der Waals surface area (Å²) in [5.41, 5.74) is 5.78. The molecule has 1 aliphatic heterocycles. The fourth-order valence-electron chi connectivity index (χ4n) is 1.93. The van der Waals surface area contributed by atoms with Gasteiger partial charge in [0, 0.05) is 18.8 Å². The maximum atomic E-state index is 12.4. The third-order valence-electron chi connectivity index (χ3n) is 2.96. The molecule has 8 nitrogen and oxygen atoms in total. The van der Waals surface area contributed by atoms with Gasteiger partial charge in [-0.2, -0.15) is 0 Å². The second-order valence-corrected chi connectivity index (χ2v) is 6.07. The summed E-state index contributed by atoms with van der Waals surface area (Å²) in [5.74, 6) is -0.760. The number of carbonyl (C=O) groups excluding carboxylic acids is 1. The molecule has 3 N–H and O–H groups in total. The number of morpholine rings is 1. The molecule has 0 spiro atoms. The van der Waals surface area contributed by atoms with Crippen LogP contribution in [0.1, 0.15) is 10.4 Å². The van der Waals surface area contributed by atoms with Gasteiger partial charge >= 0.3 is 5.97 Å². The number of ether oxygens (including phenoxy) is 2. The molecular weight excluding hydrogens is 298 g/mol. The molecule has 0 atom stereocenters. The van der Waals surface area contributed by atoms with Crippen LogP contribution in [0, 0.1) is 0 Å². The molecule has 1 saturated heterocycles. The molecule has 21 heavy (non-hydrogen) atoms. The largest absolute Gasteiger partial charge is 0.465 e. The lowest BCUT2D eigenvalue weighted by Gasteiger charge is -2.27. The number of nitrogens with zero attached hydrogens (tertiary/aromatic N) is 1. The maximum absolute atomic E-state index is 12.4. The maximum Gasteiger partial charge on any atom is 0.339 e. The molecule has 1 aromatic carbocycles. The third kappa shape index (κ3) is 3.70. The van der Waals surface area contributed by atoms with Crippen LogP contribution in [0.5, 0.6) is 0 Å². The van der Waals surface area contributed by atoms with Crippen LogP contribution in [0.25, 0.3) is 0 Å². The molecule has 2 rings (SSSR count). The topological polar surface area (TPSA) is 111 Å². The lowest BCUT2D eigenvalue weighted by Crippen LogP contribution is -2.48. The first-order valence-electron chi connectivity index (χ1n) is 6.27. The molecule has 0 aliphatic carbocycles. The van der Waals surface area contributed by atoms with Crippen LogP contribution in [0.15, 0.2) is 23.1 Å². The van der Waals surface area contributed by atoms with Crippen molar-refractivity contribution in [3.63, 3.8) is 0 Å². The Labute approximate surface area is 122 Å². The van der Waals surface area contributed by atoms with Crippen molar-refractivity contribution in [1.82, 2.24) is 9.84 Å². The summed E-state index contributed by atoms with van der Waals surface area (Å²) < 4.78 is 34.6. The second kappa shape index (κ2) is 6.39. The molecule has 9 heteroatoms. The van der Waals surface area contributed by atoms with Crippen molar-refractivity contribution in [2.75, 3.05) is 39.1 Å². The number of methoxy groups -OCH3 is 1. The van der Waals surface area contributed by atoms with Crippen LogP contribution in [-0.2, 0) is 19.5 Å². The number of nitrogens with two attached hydrogens (primary N) is 1. The molecule has 1 heterocycles. The second-order valence-electron chi connectivity index (χ2n) is 4.44. The molecule has 1 aliphatic rings. The Bertz CT molecular complexity index is 626. The van der Waals surface area contributed by atoms with Crippen molar-refractivity contribution in [1.29, 1.82) is 0 Å². The van der Waals surface area contributed by atoms with E-state index in [1.807, 2.05) is 0 Å². The Morgan fingerprint density at radius 3 is 2.67 bits per heavy atom. The van der Waals surface area contributed by atoms with Gasteiger partial charge in [-0.05, 0) is 18.2 Å². The van der Waals surface area contributed by atoms with Gasteiger partial charge in [0.05, 0.1) is 30.8 Å². The number of hydrogen-bond donors (Lipinski definition) is 2. The normalized spacial score (nSPS) is 16.6. The first-order valence-corrected chi connectivity index (χ1v) is 7.75. The number of anilines is 1. The van der Waals surface area contributed by atoms with Crippen LogP contribution in [-0.4, -0.2) is 52.8 Å². The SMILES string of the molecule is COC(=O)c1cc(N)ccc1S(=O)(=O)NN1CCOCC1. The van der Waals surface area contributed by atoms with Crippen molar-refractivity contribution in [3.05, 3.63) is 23.8 Å². The molecule has 1 fully saturated rings. The van der Waals surface area contributed by atoms with E-state index in [0.29, 0.717) is 26.3 Å². The number of carbonyl (C=O) groups is 1. The molecule has 0 saturated carbocycles. The Morgan fingerprint density at radius 2 is 2.05 bits per heavy atom. The number of rotatable bonds is 4. The highest BCUT2D eigenvalue weighted by Gasteiger charge is 2.26.